The van der Waals surface area contributed by atoms with Crippen LogP contribution in [-0.2, 0) is 4.74 Å². The van der Waals surface area contributed by atoms with Crippen molar-refractivity contribution in [2.24, 2.45) is 0 Å². The lowest BCUT2D eigenvalue weighted by Crippen LogP contribution is -2.46. The lowest BCUT2D eigenvalue weighted by molar-refractivity contribution is 0.146. The van der Waals surface area contributed by atoms with Crippen LogP contribution in [0.2, 0.25) is 0 Å². The van der Waals surface area contributed by atoms with Crippen LogP contribution in [0.4, 0.5) is 5.82 Å². The molecule has 3 aromatic rings. The van der Waals surface area contributed by atoms with Crippen LogP contribution in [0.15, 0.2) is 54.6 Å². The Morgan fingerprint density at radius 3 is 2.29 bits per heavy atom. The minimum Gasteiger partial charge on any atom is -0.491 e. The molecule has 0 unspecified atom stereocenters. The predicted molar refractivity (Wildman–Crippen MR) is 133 cm³/mol. The molecule has 0 aliphatic carbocycles. The van der Waals surface area contributed by atoms with Gasteiger partial charge in [-0.25, -0.2) is 4.98 Å². The van der Waals surface area contributed by atoms with E-state index in [2.05, 4.69) is 59.2 Å². The van der Waals surface area contributed by atoms with Gasteiger partial charge in [-0.05, 0) is 42.3 Å². The van der Waals surface area contributed by atoms with Gasteiger partial charge in [-0.3, -0.25) is 0 Å². The molecule has 31 heavy (non-hydrogen) atoms. The van der Waals surface area contributed by atoms with Crippen LogP contribution in [0, 0.1) is 0 Å². The van der Waals surface area contributed by atoms with Crippen LogP contribution in [0.25, 0.3) is 22.0 Å². The summed E-state index contributed by atoms with van der Waals surface area (Å²) >= 11 is 0. The average molecular weight is 464 g/mol. The Balaban J connectivity index is 0.00000171. The normalized spacial score (nSPS) is 14.1. The molecule has 1 aliphatic heterocycles. The minimum absolute atomic E-state index is 0. The van der Waals surface area contributed by atoms with Crippen LogP contribution in [-0.4, -0.2) is 62.9 Å². The van der Waals surface area contributed by atoms with Crippen LogP contribution >= 0.6 is 24.8 Å². The predicted octanol–water partition coefficient (Wildman–Crippen LogP) is 4.91. The standard InChI is InChI=1S/C24H29N3O2.2ClH/c1-3-26-12-14-27(15-13-26)24-22-7-5-4-6-20(22)18-23(25-24)19-8-10-21(11-9-19)29-17-16-28-2;;/h4-11,18H,3,12-17H2,1-2H3;2*1H. The van der Waals surface area contributed by atoms with Crippen molar-refractivity contribution >= 4 is 41.4 Å². The zero-order chi connectivity index (χ0) is 20.1. The number of hydrogen-bond donors (Lipinski definition) is 0. The number of piperazine rings is 1. The fourth-order valence-corrected chi connectivity index (χ4v) is 3.81. The van der Waals surface area contributed by atoms with Crippen LogP contribution in [0.3, 0.4) is 0 Å². The number of benzene rings is 2. The molecule has 7 heteroatoms. The molecular weight excluding hydrogens is 433 g/mol. The molecule has 0 atom stereocenters. The molecule has 1 aliphatic rings. The molecule has 0 saturated carbocycles. The Hall–Kier alpha value is -2.05. The molecule has 0 bridgehead atoms. The van der Waals surface area contributed by atoms with E-state index in [1.165, 1.54) is 10.8 Å². The number of anilines is 1. The highest BCUT2D eigenvalue weighted by atomic mass is 35.5. The molecule has 4 rings (SSSR count). The third-order valence-electron chi connectivity index (χ3n) is 5.55. The SMILES string of the molecule is CCN1CCN(c2nc(-c3ccc(OCCOC)cc3)cc3ccccc23)CC1.Cl.Cl. The summed E-state index contributed by atoms with van der Waals surface area (Å²) in [5, 5.41) is 2.45. The van der Waals surface area contributed by atoms with Gasteiger partial charge in [-0.15, -0.1) is 24.8 Å². The van der Waals surface area contributed by atoms with Gasteiger partial charge in [-0.2, -0.15) is 0 Å². The Morgan fingerprint density at radius 2 is 1.61 bits per heavy atom. The lowest BCUT2D eigenvalue weighted by Gasteiger charge is -2.35. The van der Waals surface area contributed by atoms with Crippen molar-refractivity contribution in [3.8, 4) is 17.0 Å². The Kier molecular flexibility index (Phi) is 9.85. The lowest BCUT2D eigenvalue weighted by atomic mass is 10.1. The van der Waals surface area contributed by atoms with Gasteiger partial charge in [0.05, 0.1) is 12.3 Å². The van der Waals surface area contributed by atoms with E-state index >= 15 is 0 Å². The van der Waals surface area contributed by atoms with Crippen LogP contribution in [0.5, 0.6) is 5.75 Å². The number of rotatable bonds is 7. The number of likely N-dealkylation sites (N-methyl/N-ethyl adjacent to an activating group) is 1. The molecule has 2 aromatic carbocycles. The zero-order valence-corrected chi connectivity index (χ0v) is 19.8. The summed E-state index contributed by atoms with van der Waals surface area (Å²) in [6.45, 7) is 8.68. The fraction of sp³-hybridized carbons (Fsp3) is 0.375. The van der Waals surface area contributed by atoms with E-state index in [0.29, 0.717) is 13.2 Å². The molecule has 1 fully saturated rings. The van der Waals surface area contributed by atoms with E-state index in [4.69, 9.17) is 14.5 Å². The molecule has 0 spiro atoms. The number of fused-ring (bicyclic) bond motifs is 1. The second-order valence-corrected chi connectivity index (χ2v) is 7.34. The minimum atomic E-state index is 0. The van der Waals surface area contributed by atoms with Crippen molar-refractivity contribution in [3.05, 3.63) is 54.6 Å². The first kappa shape index (κ1) is 25.2. The Labute approximate surface area is 197 Å². The van der Waals surface area contributed by atoms with Gasteiger partial charge in [0.1, 0.15) is 18.2 Å². The topological polar surface area (TPSA) is 37.8 Å². The van der Waals surface area contributed by atoms with Crippen molar-refractivity contribution in [1.82, 2.24) is 9.88 Å². The van der Waals surface area contributed by atoms with Gasteiger partial charge in [0.2, 0.25) is 0 Å². The largest absolute Gasteiger partial charge is 0.491 e. The molecule has 0 amide bonds. The maximum Gasteiger partial charge on any atom is 0.137 e. The number of nitrogens with zero attached hydrogens (tertiary/aromatic N) is 3. The van der Waals surface area contributed by atoms with Crippen molar-refractivity contribution in [3.63, 3.8) is 0 Å². The third-order valence-corrected chi connectivity index (χ3v) is 5.55. The third kappa shape index (κ3) is 6.01. The number of methoxy groups -OCH3 is 1. The molecular formula is C24H31Cl2N3O2. The second-order valence-electron chi connectivity index (χ2n) is 7.34. The van der Waals surface area contributed by atoms with Gasteiger partial charge in [0.15, 0.2) is 0 Å². The fourth-order valence-electron chi connectivity index (χ4n) is 3.81. The quantitative estimate of drug-likeness (QED) is 0.465. The average Bonchev–Trinajstić information content (AvgIpc) is 2.79. The van der Waals surface area contributed by atoms with Crippen molar-refractivity contribution in [2.75, 3.05) is 57.9 Å². The van der Waals surface area contributed by atoms with E-state index in [-0.39, 0.29) is 24.8 Å². The molecule has 1 aromatic heterocycles. The zero-order valence-electron chi connectivity index (χ0n) is 18.1. The van der Waals surface area contributed by atoms with Gasteiger partial charge < -0.3 is 19.3 Å². The summed E-state index contributed by atoms with van der Waals surface area (Å²) < 4.78 is 10.7. The number of pyridine rings is 1. The number of hydrogen-bond acceptors (Lipinski definition) is 5. The number of ether oxygens (including phenoxy) is 2. The highest BCUT2D eigenvalue weighted by molar-refractivity contribution is 5.95. The first-order valence-electron chi connectivity index (χ1n) is 10.4. The molecule has 2 heterocycles. The van der Waals surface area contributed by atoms with E-state index in [9.17, 15) is 0 Å². The molecule has 168 valence electrons. The van der Waals surface area contributed by atoms with Gasteiger partial charge >= 0.3 is 0 Å². The summed E-state index contributed by atoms with van der Waals surface area (Å²) in [4.78, 5) is 10.0. The number of halogens is 2. The van der Waals surface area contributed by atoms with Crippen LogP contribution < -0.4 is 9.64 Å². The van der Waals surface area contributed by atoms with E-state index in [0.717, 1.165) is 55.5 Å². The van der Waals surface area contributed by atoms with Gasteiger partial charge in [-0.1, -0.05) is 31.2 Å². The van der Waals surface area contributed by atoms with E-state index in [1.807, 2.05) is 12.1 Å². The first-order valence-corrected chi connectivity index (χ1v) is 10.4. The Morgan fingerprint density at radius 1 is 0.903 bits per heavy atom. The summed E-state index contributed by atoms with van der Waals surface area (Å²) in [7, 11) is 1.68. The highest BCUT2D eigenvalue weighted by Crippen LogP contribution is 2.31. The van der Waals surface area contributed by atoms with Crippen molar-refractivity contribution < 1.29 is 9.47 Å². The summed E-state index contributed by atoms with van der Waals surface area (Å²) in [5.41, 5.74) is 2.10. The first-order chi connectivity index (χ1) is 14.3. The van der Waals surface area contributed by atoms with Crippen molar-refractivity contribution in [1.29, 1.82) is 0 Å². The van der Waals surface area contributed by atoms with E-state index in [1.54, 1.807) is 7.11 Å². The Bertz CT molecular complexity index is 945. The monoisotopic (exact) mass is 463 g/mol. The summed E-state index contributed by atoms with van der Waals surface area (Å²) in [6, 6.07) is 18.9. The molecule has 1 saturated heterocycles. The van der Waals surface area contributed by atoms with Gasteiger partial charge in [0.25, 0.3) is 0 Å². The molecule has 0 radical (unpaired) electrons. The highest BCUT2D eigenvalue weighted by Gasteiger charge is 2.19. The van der Waals surface area contributed by atoms with Gasteiger partial charge in [0, 0.05) is 44.2 Å². The molecule has 0 N–H and O–H groups in total. The van der Waals surface area contributed by atoms with Crippen LogP contribution in [0.1, 0.15) is 6.92 Å². The molecule has 5 nitrogen and oxygen atoms in total. The maximum atomic E-state index is 5.69. The smallest absolute Gasteiger partial charge is 0.137 e. The van der Waals surface area contributed by atoms with E-state index < -0.39 is 0 Å². The maximum absolute atomic E-state index is 5.69. The number of aromatic nitrogens is 1. The van der Waals surface area contributed by atoms with Crippen molar-refractivity contribution in [2.45, 2.75) is 6.92 Å². The second kappa shape index (κ2) is 12.1. The summed E-state index contributed by atoms with van der Waals surface area (Å²) in [6.07, 6.45) is 0. The summed E-state index contributed by atoms with van der Waals surface area (Å²) in [5.74, 6) is 1.94.